The van der Waals surface area contributed by atoms with Crippen LogP contribution in [-0.4, -0.2) is 84.1 Å². The third-order valence-electron chi connectivity index (χ3n) is 9.73. The van der Waals surface area contributed by atoms with Gasteiger partial charge in [-0.1, -0.05) is 42.4 Å². The highest BCUT2D eigenvalue weighted by Gasteiger charge is 2.58. The zero-order chi connectivity index (χ0) is 28.1. The highest BCUT2D eigenvalue weighted by molar-refractivity contribution is 6.36. The second-order valence-electron chi connectivity index (χ2n) is 12.0. The Bertz CT molecular complexity index is 1480. The molecule has 1 aromatic heterocycles. The van der Waals surface area contributed by atoms with Gasteiger partial charge in [0.15, 0.2) is 0 Å². The molecule has 0 N–H and O–H groups in total. The lowest BCUT2D eigenvalue weighted by molar-refractivity contribution is -0.135. The van der Waals surface area contributed by atoms with E-state index in [-0.39, 0.29) is 5.91 Å². The van der Waals surface area contributed by atoms with Crippen LogP contribution >= 0.6 is 11.6 Å². The number of piperazine rings is 1. The number of aromatic nitrogens is 2. The van der Waals surface area contributed by atoms with Crippen molar-refractivity contribution in [1.29, 1.82) is 0 Å². The molecule has 9 heteroatoms. The van der Waals surface area contributed by atoms with Crippen LogP contribution in [0.2, 0.25) is 5.02 Å². The van der Waals surface area contributed by atoms with Crippen molar-refractivity contribution in [2.45, 2.75) is 37.8 Å². The highest BCUT2D eigenvalue weighted by Crippen LogP contribution is 2.60. The summed E-state index contributed by atoms with van der Waals surface area (Å²) in [4.78, 5) is 31.1. The number of likely N-dealkylation sites (N-methyl/N-ethyl adjacent to an activating group) is 1. The van der Waals surface area contributed by atoms with Gasteiger partial charge >= 0.3 is 6.01 Å². The Morgan fingerprint density at radius 1 is 1.10 bits per heavy atom. The van der Waals surface area contributed by atoms with Crippen LogP contribution in [0.4, 0.5) is 11.5 Å². The molecule has 2 aliphatic heterocycles. The van der Waals surface area contributed by atoms with E-state index in [2.05, 4.69) is 52.6 Å². The van der Waals surface area contributed by atoms with Crippen LogP contribution < -0.4 is 14.5 Å². The number of carbonyl (C=O) groups is 1. The van der Waals surface area contributed by atoms with Gasteiger partial charge in [0, 0.05) is 61.4 Å². The number of carbonyl (C=O) groups excluding carboxylic acids is 1. The Morgan fingerprint density at radius 3 is 2.56 bits per heavy atom. The minimum absolute atomic E-state index is 0.0180. The number of amides is 1. The second-order valence-corrected chi connectivity index (χ2v) is 12.4. The van der Waals surface area contributed by atoms with E-state index in [1.165, 1.54) is 30.9 Å². The number of ether oxygens (including phenoxy) is 1. The maximum Gasteiger partial charge on any atom is 0.318 e. The Kier molecular flexibility index (Phi) is 6.78. The molecule has 0 spiro atoms. The van der Waals surface area contributed by atoms with Crippen molar-refractivity contribution in [1.82, 2.24) is 19.8 Å². The zero-order valence-electron chi connectivity index (χ0n) is 23.7. The number of nitrogens with zero attached hydrogens (tertiary/aromatic N) is 6. The number of rotatable bonds is 8. The first-order valence-corrected chi connectivity index (χ1v) is 15.1. The number of fused-ring (bicyclic) bond motifs is 2. The summed E-state index contributed by atoms with van der Waals surface area (Å²) in [6.45, 7) is 9.31. The van der Waals surface area contributed by atoms with Crippen molar-refractivity contribution in [3.63, 3.8) is 0 Å². The Balaban J connectivity index is 1.15. The smallest absolute Gasteiger partial charge is 0.318 e. The second kappa shape index (κ2) is 10.5. The molecule has 3 aromatic rings. The molecule has 1 saturated heterocycles. The molecule has 3 aliphatic carbocycles. The summed E-state index contributed by atoms with van der Waals surface area (Å²) in [5.41, 5.74) is 3.71. The van der Waals surface area contributed by atoms with E-state index in [1.807, 2.05) is 17.0 Å². The molecule has 0 radical (unpaired) electrons. The molecule has 5 aliphatic rings. The minimum atomic E-state index is -0.0180. The summed E-state index contributed by atoms with van der Waals surface area (Å²) in [6.07, 6.45) is 6.21. The summed E-state index contributed by atoms with van der Waals surface area (Å²) >= 11 is 6.69. The largest absolute Gasteiger partial charge is 0.462 e. The van der Waals surface area contributed by atoms with E-state index >= 15 is 0 Å². The van der Waals surface area contributed by atoms with Gasteiger partial charge in [-0.3, -0.25) is 9.69 Å². The van der Waals surface area contributed by atoms with E-state index in [0.717, 1.165) is 71.5 Å². The topological polar surface area (TPSA) is 65.0 Å². The van der Waals surface area contributed by atoms with E-state index in [1.54, 1.807) is 0 Å². The molecular weight excluding hydrogens is 536 g/mol. The summed E-state index contributed by atoms with van der Waals surface area (Å²) in [7, 11) is 2.22. The third kappa shape index (κ3) is 4.71. The van der Waals surface area contributed by atoms with E-state index < -0.39 is 0 Å². The maximum atomic E-state index is 12.2. The van der Waals surface area contributed by atoms with Gasteiger partial charge in [-0.25, -0.2) is 0 Å². The number of benzene rings is 2. The van der Waals surface area contributed by atoms with Crippen molar-refractivity contribution in [3.8, 4) is 6.01 Å². The van der Waals surface area contributed by atoms with Gasteiger partial charge in [0.05, 0.1) is 17.3 Å². The first kappa shape index (κ1) is 26.5. The van der Waals surface area contributed by atoms with Gasteiger partial charge in [0.1, 0.15) is 12.4 Å². The lowest BCUT2D eigenvalue weighted by Gasteiger charge is -2.66. The van der Waals surface area contributed by atoms with Crippen molar-refractivity contribution in [3.05, 3.63) is 65.3 Å². The standard InChI is InChI=1S/C32H37ClN6O2/c1-3-28(40)37-12-14-38(15-13-37)30-24-10-11-39(27-9-5-7-23-6-4-8-25(33)29(23)27)21-26(24)34-31(35-30)41-17-16-36(2)32-18-22(19-32)20-32/h3-9,22H,1,10-21H2,2H3. The number of hydrogen-bond donors (Lipinski definition) is 0. The molecule has 3 heterocycles. The first-order valence-electron chi connectivity index (χ1n) is 14.8. The zero-order valence-corrected chi connectivity index (χ0v) is 24.4. The fourth-order valence-corrected chi connectivity index (χ4v) is 7.42. The molecule has 214 valence electrons. The molecule has 8 rings (SSSR count). The average molecular weight is 573 g/mol. The fourth-order valence-electron chi connectivity index (χ4n) is 7.14. The highest BCUT2D eigenvalue weighted by atomic mass is 35.5. The number of anilines is 2. The van der Waals surface area contributed by atoms with Gasteiger partial charge in [0.25, 0.3) is 0 Å². The predicted octanol–water partition coefficient (Wildman–Crippen LogP) is 4.54. The van der Waals surface area contributed by atoms with Crippen LogP contribution in [0.3, 0.4) is 0 Å². The summed E-state index contributed by atoms with van der Waals surface area (Å²) in [6, 6.07) is 12.8. The predicted molar refractivity (Wildman–Crippen MR) is 163 cm³/mol. The van der Waals surface area contributed by atoms with E-state index in [9.17, 15) is 4.79 Å². The van der Waals surface area contributed by atoms with Gasteiger partial charge < -0.3 is 19.4 Å². The van der Waals surface area contributed by atoms with E-state index in [0.29, 0.717) is 37.8 Å². The van der Waals surface area contributed by atoms with E-state index in [4.69, 9.17) is 26.3 Å². The SMILES string of the molecule is C=CC(=O)N1CCN(c2nc(OCCN(C)C34CC(C3)C4)nc3c2CCN(c2cccc4cccc(Cl)c24)C3)CC1. The van der Waals surface area contributed by atoms with Crippen molar-refractivity contribution in [2.75, 3.05) is 62.7 Å². The van der Waals surface area contributed by atoms with Gasteiger partial charge in [-0.2, -0.15) is 9.97 Å². The van der Waals surface area contributed by atoms with Crippen molar-refractivity contribution in [2.24, 2.45) is 5.92 Å². The molecule has 3 saturated carbocycles. The number of halogens is 1. The maximum absolute atomic E-state index is 12.2. The summed E-state index contributed by atoms with van der Waals surface area (Å²) in [5, 5.41) is 2.97. The van der Waals surface area contributed by atoms with Crippen LogP contribution in [0.25, 0.3) is 10.8 Å². The van der Waals surface area contributed by atoms with Crippen molar-refractivity contribution < 1.29 is 9.53 Å². The van der Waals surface area contributed by atoms with Crippen LogP contribution in [0.1, 0.15) is 30.5 Å². The lowest BCUT2D eigenvalue weighted by atomic mass is 9.49. The first-order chi connectivity index (χ1) is 19.9. The molecule has 0 unspecified atom stereocenters. The van der Waals surface area contributed by atoms with Gasteiger partial charge in [-0.05, 0) is 62.2 Å². The molecule has 41 heavy (non-hydrogen) atoms. The molecule has 1 amide bonds. The average Bonchev–Trinajstić information content (AvgIpc) is 2.94. The Labute approximate surface area is 246 Å². The number of hydrogen-bond acceptors (Lipinski definition) is 7. The van der Waals surface area contributed by atoms with Crippen LogP contribution in [0, 0.1) is 5.92 Å². The summed E-state index contributed by atoms with van der Waals surface area (Å²) in [5.74, 6) is 1.88. The monoisotopic (exact) mass is 572 g/mol. The Hall–Kier alpha value is -3.36. The molecule has 2 aromatic carbocycles. The van der Waals surface area contributed by atoms with Crippen LogP contribution in [0.15, 0.2) is 49.1 Å². The minimum Gasteiger partial charge on any atom is -0.462 e. The fraction of sp³-hybridized carbons (Fsp3) is 0.469. The molecular formula is C32H37ClN6O2. The molecule has 8 nitrogen and oxygen atoms in total. The van der Waals surface area contributed by atoms with Crippen LogP contribution in [0.5, 0.6) is 6.01 Å². The third-order valence-corrected chi connectivity index (χ3v) is 10.0. The lowest BCUT2D eigenvalue weighted by Crippen LogP contribution is -2.67. The van der Waals surface area contributed by atoms with Gasteiger partial charge in [0.2, 0.25) is 5.91 Å². The molecule has 4 fully saturated rings. The molecule has 0 atom stereocenters. The normalized spacial score (nSPS) is 23.2. The molecule has 2 bridgehead atoms. The van der Waals surface area contributed by atoms with Crippen LogP contribution in [-0.2, 0) is 17.8 Å². The van der Waals surface area contributed by atoms with Crippen molar-refractivity contribution >= 4 is 39.8 Å². The van der Waals surface area contributed by atoms with Gasteiger partial charge in [-0.15, -0.1) is 0 Å². The summed E-state index contributed by atoms with van der Waals surface area (Å²) < 4.78 is 6.25. The quantitative estimate of drug-likeness (QED) is 0.367. The Morgan fingerprint density at radius 2 is 1.85 bits per heavy atom.